The molecule has 3 rings (SSSR count). The van der Waals surface area contributed by atoms with E-state index in [1.165, 1.54) is 6.07 Å². The van der Waals surface area contributed by atoms with Crippen LogP contribution in [0.2, 0.25) is 19.6 Å². The van der Waals surface area contributed by atoms with Crippen molar-refractivity contribution in [3.05, 3.63) is 64.5 Å². The number of hydrogen-bond donors (Lipinski definition) is 2. The molecule has 0 heterocycles. The van der Waals surface area contributed by atoms with E-state index in [1.807, 2.05) is 0 Å². The Morgan fingerprint density at radius 1 is 1.05 bits per heavy atom. The first kappa shape index (κ1) is 29.2. The fraction of sp³-hybridized carbons (Fsp3) is 0.385. The number of halogens is 7. The van der Waals surface area contributed by atoms with Crippen LogP contribution < -0.4 is 5.32 Å². The molecule has 0 spiro atoms. The Balaban J connectivity index is 2.03. The molecule has 0 aliphatic heterocycles. The Hall–Kier alpha value is -3.35. The van der Waals surface area contributed by atoms with Crippen LogP contribution in [0.25, 0.3) is 0 Å². The van der Waals surface area contributed by atoms with Crippen molar-refractivity contribution in [1.82, 2.24) is 0 Å². The third-order valence-corrected chi connectivity index (χ3v) is 6.91. The number of amides is 1. The largest absolute Gasteiger partial charge is 0.417 e. The first-order chi connectivity index (χ1) is 17.3. The van der Waals surface area contributed by atoms with Crippen molar-refractivity contribution >= 4 is 19.7 Å². The van der Waals surface area contributed by atoms with E-state index in [2.05, 4.69) is 16.8 Å². The molecule has 1 unspecified atom stereocenters. The van der Waals surface area contributed by atoms with E-state index >= 15 is 0 Å². The summed E-state index contributed by atoms with van der Waals surface area (Å²) < 4.78 is 94.7. The molecule has 2 N–H and O–H groups in total. The van der Waals surface area contributed by atoms with Crippen molar-refractivity contribution in [2.45, 2.75) is 62.3 Å². The van der Waals surface area contributed by atoms with Crippen LogP contribution >= 0.6 is 0 Å². The highest BCUT2D eigenvalue weighted by Gasteiger charge is 2.54. The maximum atomic E-state index is 14.7. The van der Waals surface area contributed by atoms with Gasteiger partial charge in [-0.3, -0.25) is 4.79 Å². The van der Waals surface area contributed by atoms with Gasteiger partial charge in [-0.25, -0.2) is 4.39 Å². The van der Waals surface area contributed by atoms with Gasteiger partial charge in [0.1, 0.15) is 13.9 Å². The number of carbonyl (C=O) groups is 1. The zero-order valence-corrected chi connectivity index (χ0v) is 21.5. The number of aliphatic hydroxyl groups is 1. The molecule has 0 radical (unpaired) electrons. The van der Waals surface area contributed by atoms with Crippen LogP contribution in [0.4, 0.5) is 36.4 Å². The monoisotopic (exact) mass is 556 g/mol. The maximum Gasteiger partial charge on any atom is 0.417 e. The summed E-state index contributed by atoms with van der Waals surface area (Å²) in [6.45, 7) is 5.40. The van der Waals surface area contributed by atoms with Crippen LogP contribution in [0.3, 0.4) is 0 Å². The number of alkyl halides is 6. The molecule has 202 valence electrons. The van der Waals surface area contributed by atoms with Gasteiger partial charge in [-0.15, -0.1) is 5.54 Å². The average molecular weight is 557 g/mol. The molecule has 2 aromatic rings. The first-order valence-electron chi connectivity index (χ1n) is 11.4. The van der Waals surface area contributed by atoms with Crippen LogP contribution in [-0.2, 0) is 22.6 Å². The first-order valence-corrected chi connectivity index (χ1v) is 14.9. The van der Waals surface area contributed by atoms with Crippen LogP contribution in [0.1, 0.15) is 41.5 Å². The van der Waals surface area contributed by atoms with Gasteiger partial charge in [0.25, 0.3) is 5.91 Å². The number of carbonyl (C=O) groups excluding carboxylic acids is 1. The van der Waals surface area contributed by atoms with Gasteiger partial charge in [0, 0.05) is 17.5 Å². The van der Waals surface area contributed by atoms with Gasteiger partial charge in [0.05, 0.1) is 22.8 Å². The highest BCUT2D eigenvalue weighted by atomic mass is 28.3. The number of benzene rings is 2. The SMILES string of the molecule is C[Si](C)(C)C#CC(O)(CC1(c2cc(C(F)(F)F)ccc2F)CC1)C(=O)Nc1ccc(C#N)c(C(F)(F)F)c1. The van der Waals surface area contributed by atoms with Crippen LogP contribution in [0.15, 0.2) is 36.4 Å². The number of hydrogen-bond acceptors (Lipinski definition) is 3. The van der Waals surface area contributed by atoms with Crippen molar-refractivity contribution in [1.29, 1.82) is 5.26 Å². The lowest BCUT2D eigenvalue weighted by molar-refractivity contribution is -0.138. The lowest BCUT2D eigenvalue weighted by Gasteiger charge is -2.28. The minimum Gasteiger partial charge on any atom is -0.369 e. The van der Waals surface area contributed by atoms with E-state index < -0.39 is 66.3 Å². The topological polar surface area (TPSA) is 73.1 Å². The maximum absolute atomic E-state index is 14.7. The number of nitriles is 1. The van der Waals surface area contributed by atoms with Crippen LogP contribution in [0.5, 0.6) is 0 Å². The zero-order valence-electron chi connectivity index (χ0n) is 20.5. The normalized spacial score (nSPS) is 16.5. The van der Waals surface area contributed by atoms with Gasteiger partial charge in [-0.1, -0.05) is 25.6 Å². The molecule has 1 saturated carbocycles. The molecule has 4 nitrogen and oxygen atoms in total. The predicted molar refractivity (Wildman–Crippen MR) is 128 cm³/mol. The summed E-state index contributed by atoms with van der Waals surface area (Å²) in [5.41, 5.74) is -4.89. The van der Waals surface area contributed by atoms with E-state index in [0.717, 1.165) is 12.1 Å². The van der Waals surface area contributed by atoms with E-state index in [0.29, 0.717) is 24.3 Å². The van der Waals surface area contributed by atoms with Gasteiger partial charge in [0.15, 0.2) is 0 Å². The molecular weight excluding hydrogens is 533 g/mol. The molecule has 1 aliphatic carbocycles. The third-order valence-electron chi connectivity index (χ3n) is 6.04. The molecule has 0 aromatic heterocycles. The van der Waals surface area contributed by atoms with Gasteiger partial charge in [0.2, 0.25) is 5.60 Å². The van der Waals surface area contributed by atoms with E-state index in [1.54, 1.807) is 19.6 Å². The number of anilines is 1. The molecule has 12 heteroatoms. The standard InChI is InChI=1S/C26H23F7N2O2Si/c1-38(2,3)11-10-24(37,22(36)35-18-6-4-16(14-34)19(13-18)26(31,32)33)15-23(8-9-23)20-12-17(25(28,29)30)5-7-21(20)27/h4-7,12-13,37H,8-9,15H2,1-3H3,(H,35,36). The van der Waals surface area contributed by atoms with Crippen molar-refractivity contribution in [2.24, 2.45) is 0 Å². The van der Waals surface area contributed by atoms with Crippen molar-refractivity contribution in [3.8, 4) is 17.5 Å². The highest BCUT2D eigenvalue weighted by molar-refractivity contribution is 6.83. The molecule has 38 heavy (non-hydrogen) atoms. The summed E-state index contributed by atoms with van der Waals surface area (Å²) in [7, 11) is -2.24. The lowest BCUT2D eigenvalue weighted by atomic mass is 9.82. The quantitative estimate of drug-likeness (QED) is 0.254. The molecule has 1 amide bonds. The zero-order chi connectivity index (χ0) is 28.7. The number of nitrogens with zero attached hydrogens (tertiary/aromatic N) is 1. The minimum atomic E-state index is -4.90. The predicted octanol–water partition coefficient (Wildman–Crippen LogP) is 6.41. The highest BCUT2D eigenvalue weighted by Crippen LogP contribution is 2.55. The van der Waals surface area contributed by atoms with Crippen LogP contribution in [0, 0.1) is 28.6 Å². The fourth-order valence-corrected chi connectivity index (χ4v) is 4.53. The van der Waals surface area contributed by atoms with Crippen LogP contribution in [-0.4, -0.2) is 24.7 Å². The molecule has 1 aliphatic rings. The Kier molecular flexibility index (Phi) is 7.49. The molecule has 1 atom stereocenters. The summed E-state index contributed by atoms with van der Waals surface area (Å²) in [5, 5.41) is 22.6. The Morgan fingerprint density at radius 2 is 1.68 bits per heavy atom. The van der Waals surface area contributed by atoms with Gasteiger partial charge < -0.3 is 10.4 Å². The Morgan fingerprint density at radius 3 is 2.18 bits per heavy atom. The summed E-state index contributed by atoms with van der Waals surface area (Å²) in [6, 6.07) is 5.73. The number of rotatable bonds is 5. The molecule has 1 fully saturated rings. The summed E-state index contributed by atoms with van der Waals surface area (Å²) in [5.74, 6) is 0.321. The second-order valence-electron chi connectivity index (χ2n) is 10.3. The molecule has 0 saturated heterocycles. The van der Waals surface area contributed by atoms with E-state index in [4.69, 9.17) is 5.26 Å². The Bertz CT molecular complexity index is 1360. The molecule has 0 bridgehead atoms. The third kappa shape index (κ3) is 6.55. The lowest BCUT2D eigenvalue weighted by Crippen LogP contribution is -2.45. The second kappa shape index (κ2) is 9.75. The van der Waals surface area contributed by atoms with Crippen molar-refractivity contribution < 1.29 is 40.6 Å². The molecular formula is C26H23F7N2O2Si. The van der Waals surface area contributed by atoms with Gasteiger partial charge in [-0.2, -0.15) is 31.6 Å². The van der Waals surface area contributed by atoms with Crippen molar-refractivity contribution in [3.63, 3.8) is 0 Å². The van der Waals surface area contributed by atoms with Gasteiger partial charge in [-0.05, 0) is 54.8 Å². The average Bonchev–Trinajstić information content (AvgIpc) is 3.56. The smallest absolute Gasteiger partial charge is 0.369 e. The van der Waals surface area contributed by atoms with E-state index in [9.17, 15) is 40.6 Å². The molecule has 2 aromatic carbocycles. The minimum absolute atomic E-state index is 0.157. The summed E-state index contributed by atoms with van der Waals surface area (Å²) >= 11 is 0. The Labute approximate surface area is 215 Å². The number of nitrogens with one attached hydrogen (secondary N) is 1. The van der Waals surface area contributed by atoms with Gasteiger partial charge >= 0.3 is 12.4 Å². The van der Waals surface area contributed by atoms with E-state index in [-0.39, 0.29) is 24.1 Å². The summed E-state index contributed by atoms with van der Waals surface area (Å²) in [6.07, 6.45) is -9.92. The summed E-state index contributed by atoms with van der Waals surface area (Å²) in [4.78, 5) is 13.2. The fourth-order valence-electron chi connectivity index (χ4n) is 3.95. The van der Waals surface area contributed by atoms with Crippen molar-refractivity contribution in [2.75, 3.05) is 5.32 Å². The second-order valence-corrected chi connectivity index (χ2v) is 15.1.